The first kappa shape index (κ1) is 24.1. The molecule has 0 radical (unpaired) electrons. The average Bonchev–Trinajstić information content (AvgIpc) is 3.25. The van der Waals surface area contributed by atoms with E-state index in [4.69, 9.17) is 0 Å². The van der Waals surface area contributed by atoms with Crippen LogP contribution in [0.5, 0.6) is 0 Å². The summed E-state index contributed by atoms with van der Waals surface area (Å²) in [6, 6.07) is 19.1. The highest BCUT2D eigenvalue weighted by atomic mass is 32.2. The van der Waals surface area contributed by atoms with Crippen LogP contribution in [0, 0.1) is 17.1 Å². The lowest BCUT2D eigenvalue weighted by Gasteiger charge is -2.17. The second kappa shape index (κ2) is 10.1. The van der Waals surface area contributed by atoms with Crippen molar-refractivity contribution in [3.8, 4) is 6.07 Å². The molecule has 1 amide bonds. The Balaban J connectivity index is 1.45. The Hall–Kier alpha value is -4.03. The lowest BCUT2D eigenvalue weighted by atomic mass is 10.0. The summed E-state index contributed by atoms with van der Waals surface area (Å²) in [6.07, 6.45) is 1.81. The van der Waals surface area contributed by atoms with Gasteiger partial charge in [-0.2, -0.15) is 10.4 Å². The SMILES string of the molecule is CCS(=O)(=O)c1ccc([C@H](CC#N)NC(=O)c2ccc(Cn3cc4cc(F)ccc4n3)cc2)cc1. The van der Waals surface area contributed by atoms with Crippen molar-refractivity contribution in [1.82, 2.24) is 15.1 Å². The molecule has 0 spiro atoms. The number of carbonyl (C=O) groups excluding carboxylic acids is 1. The summed E-state index contributed by atoms with van der Waals surface area (Å²) in [5, 5.41) is 17.2. The Labute approximate surface area is 202 Å². The van der Waals surface area contributed by atoms with Gasteiger partial charge in [0.1, 0.15) is 5.82 Å². The molecule has 0 fully saturated rings. The van der Waals surface area contributed by atoms with Crippen LogP contribution in [0.2, 0.25) is 0 Å². The third kappa shape index (κ3) is 5.55. The van der Waals surface area contributed by atoms with Crippen molar-refractivity contribution in [3.05, 3.63) is 95.4 Å². The molecule has 0 aliphatic heterocycles. The van der Waals surface area contributed by atoms with Crippen molar-refractivity contribution in [2.45, 2.75) is 30.8 Å². The number of amides is 1. The van der Waals surface area contributed by atoms with Crippen molar-refractivity contribution < 1.29 is 17.6 Å². The van der Waals surface area contributed by atoms with Crippen LogP contribution in [0.3, 0.4) is 0 Å². The Kier molecular flexibility index (Phi) is 6.94. The van der Waals surface area contributed by atoms with Crippen LogP contribution >= 0.6 is 0 Å². The van der Waals surface area contributed by atoms with Gasteiger partial charge in [-0.05, 0) is 53.6 Å². The largest absolute Gasteiger partial charge is 0.344 e. The van der Waals surface area contributed by atoms with Gasteiger partial charge in [0.2, 0.25) is 0 Å². The van der Waals surface area contributed by atoms with E-state index < -0.39 is 15.9 Å². The summed E-state index contributed by atoms with van der Waals surface area (Å²) in [5.74, 6) is -0.665. The van der Waals surface area contributed by atoms with Crippen LogP contribution in [-0.2, 0) is 16.4 Å². The highest BCUT2D eigenvalue weighted by molar-refractivity contribution is 7.91. The van der Waals surface area contributed by atoms with Gasteiger partial charge in [0.15, 0.2) is 9.84 Å². The molecule has 178 valence electrons. The second-order valence-electron chi connectivity index (χ2n) is 8.09. The van der Waals surface area contributed by atoms with Gasteiger partial charge in [0.25, 0.3) is 5.91 Å². The van der Waals surface area contributed by atoms with E-state index in [9.17, 15) is 22.9 Å². The minimum Gasteiger partial charge on any atom is -0.344 e. The van der Waals surface area contributed by atoms with Crippen molar-refractivity contribution in [2.24, 2.45) is 0 Å². The number of carbonyl (C=O) groups is 1. The number of hydrogen-bond acceptors (Lipinski definition) is 5. The first-order valence-corrected chi connectivity index (χ1v) is 12.7. The monoisotopic (exact) mass is 490 g/mol. The average molecular weight is 491 g/mol. The fraction of sp³-hybridized carbons (Fsp3) is 0.192. The molecule has 1 N–H and O–H groups in total. The van der Waals surface area contributed by atoms with Crippen LogP contribution in [-0.4, -0.2) is 29.9 Å². The van der Waals surface area contributed by atoms with Crippen LogP contribution in [0.15, 0.2) is 77.8 Å². The van der Waals surface area contributed by atoms with Gasteiger partial charge in [-0.15, -0.1) is 0 Å². The quantitative estimate of drug-likeness (QED) is 0.394. The Morgan fingerprint density at radius 3 is 2.49 bits per heavy atom. The smallest absolute Gasteiger partial charge is 0.251 e. The lowest BCUT2D eigenvalue weighted by Crippen LogP contribution is -2.28. The van der Waals surface area contributed by atoms with Gasteiger partial charge in [-0.25, -0.2) is 12.8 Å². The van der Waals surface area contributed by atoms with E-state index >= 15 is 0 Å². The zero-order chi connectivity index (χ0) is 25.0. The zero-order valence-electron chi connectivity index (χ0n) is 19.0. The number of sulfone groups is 1. The summed E-state index contributed by atoms with van der Waals surface area (Å²) in [5.41, 5.74) is 2.69. The summed E-state index contributed by atoms with van der Waals surface area (Å²) in [4.78, 5) is 13.0. The van der Waals surface area contributed by atoms with E-state index in [-0.39, 0.29) is 28.8 Å². The van der Waals surface area contributed by atoms with Gasteiger partial charge in [-0.1, -0.05) is 31.2 Å². The topological polar surface area (TPSA) is 105 Å². The van der Waals surface area contributed by atoms with E-state index in [0.717, 1.165) is 5.56 Å². The molecule has 4 rings (SSSR count). The summed E-state index contributed by atoms with van der Waals surface area (Å²) in [6.45, 7) is 2.04. The molecule has 1 aromatic heterocycles. The van der Waals surface area contributed by atoms with E-state index in [0.29, 0.717) is 28.6 Å². The van der Waals surface area contributed by atoms with E-state index in [1.54, 1.807) is 48.1 Å². The zero-order valence-corrected chi connectivity index (χ0v) is 19.8. The Morgan fingerprint density at radius 2 is 1.83 bits per heavy atom. The maximum absolute atomic E-state index is 13.4. The third-order valence-electron chi connectivity index (χ3n) is 5.70. The molecular weight excluding hydrogens is 467 g/mol. The summed E-state index contributed by atoms with van der Waals surface area (Å²) >= 11 is 0. The first-order valence-electron chi connectivity index (χ1n) is 11.0. The lowest BCUT2D eigenvalue weighted by molar-refractivity contribution is 0.0937. The molecule has 4 aromatic rings. The molecule has 9 heteroatoms. The fourth-order valence-electron chi connectivity index (χ4n) is 3.74. The fourth-order valence-corrected chi connectivity index (χ4v) is 4.62. The van der Waals surface area contributed by atoms with E-state index in [1.165, 1.54) is 24.3 Å². The van der Waals surface area contributed by atoms with Gasteiger partial charge in [0, 0.05) is 17.1 Å². The molecule has 1 atom stereocenters. The molecule has 0 unspecified atom stereocenters. The summed E-state index contributed by atoms with van der Waals surface area (Å²) < 4.78 is 39.2. The van der Waals surface area contributed by atoms with Gasteiger partial charge in [0.05, 0.1) is 41.2 Å². The molecule has 3 aromatic carbocycles. The second-order valence-corrected chi connectivity index (χ2v) is 10.4. The number of nitrogens with one attached hydrogen (secondary N) is 1. The first-order chi connectivity index (χ1) is 16.8. The predicted octanol–water partition coefficient (Wildman–Crippen LogP) is 4.40. The molecule has 7 nitrogen and oxygen atoms in total. The van der Waals surface area contributed by atoms with Crippen molar-refractivity contribution in [3.63, 3.8) is 0 Å². The molecular formula is C26H23FN4O3S. The molecule has 0 saturated carbocycles. The number of aromatic nitrogens is 2. The number of halogens is 1. The highest BCUT2D eigenvalue weighted by Crippen LogP contribution is 2.21. The van der Waals surface area contributed by atoms with Crippen molar-refractivity contribution in [1.29, 1.82) is 5.26 Å². The maximum Gasteiger partial charge on any atom is 0.251 e. The number of nitriles is 1. The van der Waals surface area contributed by atoms with Crippen LogP contribution < -0.4 is 5.32 Å². The number of rotatable bonds is 8. The molecule has 35 heavy (non-hydrogen) atoms. The standard InChI is InChI=1S/C26H23FN4O3S/c1-2-35(33,34)23-10-7-19(8-11-23)24(13-14-28)29-26(32)20-5-3-18(4-6-20)16-31-17-21-15-22(27)9-12-25(21)30-31/h3-12,15,17,24H,2,13,16H2,1H3,(H,29,32)/t24-/m0/s1. The van der Waals surface area contributed by atoms with Gasteiger partial charge in [-0.3, -0.25) is 9.48 Å². The third-order valence-corrected chi connectivity index (χ3v) is 7.45. The van der Waals surface area contributed by atoms with E-state index in [1.807, 2.05) is 12.1 Å². The molecule has 1 heterocycles. The van der Waals surface area contributed by atoms with Crippen molar-refractivity contribution >= 4 is 26.6 Å². The number of nitrogens with zero attached hydrogens (tertiary/aromatic N) is 3. The Morgan fingerprint density at radius 1 is 1.11 bits per heavy atom. The number of hydrogen-bond donors (Lipinski definition) is 1. The molecule has 0 saturated heterocycles. The maximum atomic E-state index is 13.4. The number of benzene rings is 3. The summed E-state index contributed by atoms with van der Waals surface area (Å²) in [7, 11) is -3.33. The number of fused-ring (bicyclic) bond motifs is 1. The normalized spacial score (nSPS) is 12.3. The van der Waals surface area contributed by atoms with Crippen LogP contribution in [0.4, 0.5) is 4.39 Å². The highest BCUT2D eigenvalue weighted by Gasteiger charge is 2.18. The van der Waals surface area contributed by atoms with Crippen molar-refractivity contribution in [2.75, 3.05) is 5.75 Å². The van der Waals surface area contributed by atoms with Crippen LogP contribution in [0.1, 0.15) is 40.9 Å². The predicted molar refractivity (Wildman–Crippen MR) is 130 cm³/mol. The minimum atomic E-state index is -3.33. The molecule has 0 bridgehead atoms. The van der Waals surface area contributed by atoms with E-state index in [2.05, 4.69) is 16.5 Å². The van der Waals surface area contributed by atoms with Crippen LogP contribution in [0.25, 0.3) is 10.9 Å². The minimum absolute atomic E-state index is 0.00390. The molecule has 0 aliphatic carbocycles. The van der Waals surface area contributed by atoms with Gasteiger partial charge < -0.3 is 5.32 Å². The Bertz CT molecular complexity index is 1510. The van der Waals surface area contributed by atoms with Gasteiger partial charge >= 0.3 is 0 Å². The molecule has 0 aliphatic rings.